The average Bonchev–Trinajstić information content (AvgIpc) is 3.40. The first-order valence-electron chi connectivity index (χ1n) is 10.1. The Morgan fingerprint density at radius 3 is 2.56 bits per heavy atom. The highest BCUT2D eigenvalue weighted by Gasteiger charge is 2.37. The fraction of sp³-hybridized carbons (Fsp3) is 0.217. The molecule has 0 aliphatic heterocycles. The summed E-state index contributed by atoms with van der Waals surface area (Å²) in [4.78, 5) is 15.0. The molecule has 0 saturated heterocycles. The number of benzene rings is 1. The Bertz CT molecular complexity index is 1490. The standard InChI is InChI=1S/C23H12F6N4O3/c24-22(25,26)16-4-2-1-3-14(16)21-31-18(32-36-21)11-33-13(6-8-19(34)35)9-15-17(33)7-5-12(10-30)20(15)23(27,28)29/h2,4-5,7,9H,6,8,11H2,(H,34,35). The van der Waals surface area contributed by atoms with Crippen LogP contribution >= 0.6 is 0 Å². The quantitative estimate of drug-likeness (QED) is 0.358. The van der Waals surface area contributed by atoms with E-state index in [1.807, 2.05) is 0 Å². The molecule has 36 heavy (non-hydrogen) atoms. The lowest BCUT2D eigenvalue weighted by atomic mass is 10.0. The highest BCUT2D eigenvalue weighted by atomic mass is 19.4. The minimum atomic E-state index is -4.88. The van der Waals surface area contributed by atoms with Gasteiger partial charge in [0, 0.05) is 16.6 Å². The van der Waals surface area contributed by atoms with Gasteiger partial charge in [0.05, 0.1) is 35.7 Å². The topological polar surface area (TPSA) is 105 Å². The van der Waals surface area contributed by atoms with Crippen molar-refractivity contribution in [2.24, 2.45) is 0 Å². The van der Waals surface area contributed by atoms with Crippen molar-refractivity contribution in [3.05, 3.63) is 70.7 Å². The van der Waals surface area contributed by atoms with Gasteiger partial charge in [0.2, 0.25) is 0 Å². The number of carboxylic acid groups (broad SMARTS) is 1. The number of carbonyl (C=O) groups is 1. The Labute approximate surface area is 198 Å². The molecular formula is C23H12F6N4O3. The predicted molar refractivity (Wildman–Crippen MR) is 109 cm³/mol. The molecule has 2 aromatic carbocycles. The Hall–Kier alpha value is -4.52. The summed E-state index contributed by atoms with van der Waals surface area (Å²) in [7, 11) is 0. The summed E-state index contributed by atoms with van der Waals surface area (Å²) >= 11 is 0. The van der Waals surface area contributed by atoms with E-state index in [2.05, 4.69) is 22.3 Å². The lowest BCUT2D eigenvalue weighted by Crippen LogP contribution is -2.10. The Morgan fingerprint density at radius 2 is 1.92 bits per heavy atom. The maximum atomic E-state index is 13.8. The number of nitriles is 1. The van der Waals surface area contributed by atoms with Crippen LogP contribution in [-0.4, -0.2) is 25.8 Å². The maximum Gasteiger partial charge on any atom is 0.418 e. The molecule has 13 heteroatoms. The lowest BCUT2D eigenvalue weighted by Gasteiger charge is -2.11. The van der Waals surface area contributed by atoms with Crippen LogP contribution in [0.2, 0.25) is 0 Å². The molecule has 0 radical (unpaired) electrons. The zero-order valence-electron chi connectivity index (χ0n) is 17.8. The van der Waals surface area contributed by atoms with Gasteiger partial charge in [-0.3, -0.25) is 4.79 Å². The zero-order chi connectivity index (χ0) is 26.3. The molecule has 0 atom stereocenters. The number of halogens is 6. The second-order valence-electron chi connectivity index (χ2n) is 7.55. The van der Waals surface area contributed by atoms with E-state index in [9.17, 15) is 31.1 Å². The monoisotopic (exact) mass is 506 g/mol. The van der Waals surface area contributed by atoms with Gasteiger partial charge in [-0.2, -0.15) is 36.6 Å². The van der Waals surface area contributed by atoms with E-state index >= 15 is 0 Å². The number of fused-ring (bicyclic) bond motifs is 1. The van der Waals surface area contributed by atoms with Gasteiger partial charge in [0.25, 0.3) is 5.89 Å². The minimum Gasteiger partial charge on any atom is -0.481 e. The van der Waals surface area contributed by atoms with Crippen LogP contribution in [0.1, 0.15) is 34.6 Å². The molecule has 0 aliphatic carbocycles. The van der Waals surface area contributed by atoms with Crippen molar-refractivity contribution in [3.63, 3.8) is 0 Å². The highest BCUT2D eigenvalue weighted by Crippen LogP contribution is 2.39. The number of rotatable bonds is 6. The van der Waals surface area contributed by atoms with E-state index in [1.54, 1.807) is 0 Å². The Morgan fingerprint density at radius 1 is 1.17 bits per heavy atom. The van der Waals surface area contributed by atoms with E-state index in [0.29, 0.717) is 0 Å². The van der Waals surface area contributed by atoms with Crippen molar-refractivity contribution in [2.75, 3.05) is 0 Å². The summed E-state index contributed by atoms with van der Waals surface area (Å²) in [6.45, 7) is -0.344. The summed E-state index contributed by atoms with van der Waals surface area (Å²) < 4.78 is 87.6. The van der Waals surface area contributed by atoms with Crippen molar-refractivity contribution in [1.82, 2.24) is 14.7 Å². The van der Waals surface area contributed by atoms with Crippen LogP contribution in [0.25, 0.3) is 22.4 Å². The fourth-order valence-corrected chi connectivity index (χ4v) is 3.77. The molecule has 1 N–H and O–H groups in total. The van der Waals surface area contributed by atoms with Crippen LogP contribution < -0.4 is 0 Å². The van der Waals surface area contributed by atoms with Crippen molar-refractivity contribution in [3.8, 4) is 17.5 Å². The molecule has 184 valence electrons. The first-order chi connectivity index (χ1) is 16.9. The third-order valence-corrected chi connectivity index (χ3v) is 5.26. The summed E-state index contributed by atoms with van der Waals surface area (Å²) in [6, 6.07) is 11.3. The number of aromatic nitrogens is 3. The van der Waals surface area contributed by atoms with Crippen molar-refractivity contribution in [2.45, 2.75) is 31.7 Å². The second-order valence-corrected chi connectivity index (χ2v) is 7.55. The molecule has 0 aliphatic rings. The van der Waals surface area contributed by atoms with Crippen LogP contribution in [0, 0.1) is 23.5 Å². The van der Waals surface area contributed by atoms with Gasteiger partial charge < -0.3 is 14.2 Å². The molecule has 0 saturated carbocycles. The van der Waals surface area contributed by atoms with Crippen LogP contribution in [0.4, 0.5) is 26.3 Å². The Kier molecular flexibility index (Phi) is 6.10. The Balaban J connectivity index is 1.82. The van der Waals surface area contributed by atoms with Crippen LogP contribution in [0.3, 0.4) is 0 Å². The molecule has 0 unspecified atom stereocenters. The molecule has 7 nitrogen and oxygen atoms in total. The number of carboxylic acids is 1. The van der Waals surface area contributed by atoms with E-state index in [4.69, 9.17) is 14.9 Å². The van der Waals surface area contributed by atoms with E-state index in [1.165, 1.54) is 16.7 Å². The maximum absolute atomic E-state index is 13.8. The van der Waals surface area contributed by atoms with E-state index < -0.39 is 52.9 Å². The predicted octanol–water partition coefficient (Wildman–Crippen LogP) is 5.27. The summed E-state index contributed by atoms with van der Waals surface area (Å²) in [5, 5.41) is 21.5. The molecule has 0 fully saturated rings. The van der Waals surface area contributed by atoms with Gasteiger partial charge in [-0.15, -0.1) is 0 Å². The van der Waals surface area contributed by atoms with Crippen LogP contribution in [0.5, 0.6) is 0 Å². The molecule has 0 bridgehead atoms. The minimum absolute atomic E-state index is 0.00338. The van der Waals surface area contributed by atoms with Gasteiger partial charge in [-0.25, -0.2) is 0 Å². The second kappa shape index (κ2) is 8.92. The van der Waals surface area contributed by atoms with Crippen molar-refractivity contribution < 1.29 is 40.8 Å². The number of aliphatic carboxylic acids is 1. The SMILES string of the molecule is N#Cc1ccc2c(cc(CCC(=O)O)n2Cc2noc(-c3c#cccc3C(F)(F)F)n2)c1C(F)(F)F. The molecule has 4 aromatic rings. The summed E-state index contributed by atoms with van der Waals surface area (Å²) in [5.41, 5.74) is -3.28. The molecule has 4 rings (SSSR count). The fourth-order valence-electron chi connectivity index (χ4n) is 3.77. The zero-order valence-corrected chi connectivity index (χ0v) is 17.8. The molecule has 2 aromatic heterocycles. The van der Waals surface area contributed by atoms with Crippen LogP contribution in [0.15, 0.2) is 34.9 Å². The lowest BCUT2D eigenvalue weighted by molar-refractivity contribution is -0.138. The van der Waals surface area contributed by atoms with Gasteiger partial charge in [0.15, 0.2) is 5.82 Å². The van der Waals surface area contributed by atoms with Gasteiger partial charge >= 0.3 is 18.3 Å². The van der Waals surface area contributed by atoms with Gasteiger partial charge in [-0.1, -0.05) is 17.3 Å². The number of hydrogen-bond donors (Lipinski definition) is 1. The first-order valence-corrected chi connectivity index (χ1v) is 10.1. The van der Waals surface area contributed by atoms with Gasteiger partial charge in [-0.05, 0) is 36.8 Å². The van der Waals surface area contributed by atoms with Crippen molar-refractivity contribution >= 4 is 16.9 Å². The normalized spacial score (nSPS) is 11.9. The van der Waals surface area contributed by atoms with E-state index in [-0.39, 0.29) is 35.4 Å². The van der Waals surface area contributed by atoms with Crippen molar-refractivity contribution in [1.29, 1.82) is 5.26 Å². The van der Waals surface area contributed by atoms with E-state index in [0.717, 1.165) is 24.3 Å². The largest absolute Gasteiger partial charge is 0.481 e. The summed E-state index contributed by atoms with van der Waals surface area (Å²) in [6.07, 6.45) is -10.2. The number of nitrogens with zero attached hydrogens (tertiary/aromatic N) is 4. The third kappa shape index (κ3) is 4.68. The van der Waals surface area contributed by atoms with Crippen LogP contribution in [-0.2, 0) is 30.1 Å². The molecule has 0 amide bonds. The smallest absolute Gasteiger partial charge is 0.418 e. The number of aryl methyl sites for hydroxylation is 1. The molecular weight excluding hydrogens is 494 g/mol. The third-order valence-electron chi connectivity index (χ3n) is 5.26. The number of hydrogen-bond acceptors (Lipinski definition) is 5. The number of alkyl halides is 6. The highest BCUT2D eigenvalue weighted by molar-refractivity contribution is 5.87. The first kappa shape index (κ1) is 24.6. The summed E-state index contributed by atoms with van der Waals surface area (Å²) in [5.74, 6) is -1.90. The van der Waals surface area contributed by atoms with Gasteiger partial charge in [0.1, 0.15) is 5.56 Å². The average molecular weight is 506 g/mol. The molecule has 0 spiro atoms. The molecule has 2 heterocycles.